The molecule has 0 saturated heterocycles. The fourth-order valence-corrected chi connectivity index (χ4v) is 2.52. The number of benzene rings is 1. The molecule has 0 radical (unpaired) electrons. The number of nitriles is 1. The van der Waals surface area contributed by atoms with E-state index in [9.17, 15) is 4.79 Å². The Morgan fingerprint density at radius 2 is 2.10 bits per heavy atom. The quantitative estimate of drug-likeness (QED) is 0.360. The molecular weight excluding hydrogens is 288 g/mol. The molecular formula is C14H16N4O2S. The summed E-state index contributed by atoms with van der Waals surface area (Å²) in [6, 6.07) is 0. The molecule has 0 unspecified atom stereocenters. The highest BCUT2D eigenvalue weighted by atomic mass is 32.2. The standard InChI is InChI=1S/C14H16N4O2S/c1-7-8(2)13-12(17-10(19)5-20-13)9(3)11(7)18-14(21-4)16-6-15/h5H2,1-4H3,(H,16,18)(H,17,19). The maximum Gasteiger partial charge on any atom is 0.262 e. The third kappa shape index (κ3) is 2.81. The fourth-order valence-electron chi connectivity index (χ4n) is 2.19. The summed E-state index contributed by atoms with van der Waals surface area (Å²) in [5, 5.41) is 14.6. The van der Waals surface area contributed by atoms with Crippen LogP contribution in [0.15, 0.2) is 4.99 Å². The van der Waals surface area contributed by atoms with Crippen molar-refractivity contribution < 1.29 is 9.53 Å². The van der Waals surface area contributed by atoms with Crippen molar-refractivity contribution in [1.29, 1.82) is 5.26 Å². The number of carbonyl (C=O) groups is 1. The summed E-state index contributed by atoms with van der Waals surface area (Å²) in [5.74, 6) is 0.520. The SMILES string of the molecule is CSC(=Nc1c(C)c(C)c2c(c1C)NC(=O)CO2)NC#N. The van der Waals surface area contributed by atoms with Crippen molar-refractivity contribution in [3.05, 3.63) is 16.7 Å². The highest BCUT2D eigenvalue weighted by Crippen LogP contribution is 2.43. The number of carbonyl (C=O) groups excluding carboxylic acids is 1. The van der Waals surface area contributed by atoms with Crippen LogP contribution in [0.3, 0.4) is 0 Å². The molecule has 1 heterocycles. The molecule has 0 spiro atoms. The van der Waals surface area contributed by atoms with Crippen LogP contribution in [0.25, 0.3) is 0 Å². The topological polar surface area (TPSA) is 86.5 Å². The lowest BCUT2D eigenvalue weighted by Gasteiger charge is -2.24. The van der Waals surface area contributed by atoms with Gasteiger partial charge in [-0.3, -0.25) is 10.1 Å². The van der Waals surface area contributed by atoms with Crippen LogP contribution in [-0.2, 0) is 4.79 Å². The van der Waals surface area contributed by atoms with E-state index in [1.807, 2.05) is 33.2 Å². The molecule has 2 rings (SSSR count). The zero-order chi connectivity index (χ0) is 15.6. The van der Waals surface area contributed by atoms with Gasteiger partial charge in [-0.25, -0.2) is 4.99 Å². The van der Waals surface area contributed by atoms with Gasteiger partial charge in [0.25, 0.3) is 5.91 Å². The molecule has 1 amide bonds. The number of amidine groups is 1. The Labute approximate surface area is 127 Å². The number of amides is 1. The molecule has 2 N–H and O–H groups in total. The van der Waals surface area contributed by atoms with Gasteiger partial charge < -0.3 is 10.1 Å². The summed E-state index contributed by atoms with van der Waals surface area (Å²) in [6.45, 7) is 5.79. The number of hydrogen-bond acceptors (Lipinski definition) is 5. The van der Waals surface area contributed by atoms with Gasteiger partial charge in [-0.05, 0) is 38.2 Å². The lowest BCUT2D eigenvalue weighted by atomic mass is 9.99. The van der Waals surface area contributed by atoms with Crippen LogP contribution in [0.4, 0.5) is 11.4 Å². The van der Waals surface area contributed by atoms with Gasteiger partial charge in [0.2, 0.25) is 0 Å². The van der Waals surface area contributed by atoms with Crippen LogP contribution < -0.4 is 15.4 Å². The number of rotatable bonds is 1. The van der Waals surface area contributed by atoms with E-state index in [1.165, 1.54) is 11.8 Å². The van der Waals surface area contributed by atoms with Gasteiger partial charge >= 0.3 is 0 Å². The van der Waals surface area contributed by atoms with Crippen LogP contribution in [-0.4, -0.2) is 23.9 Å². The average Bonchev–Trinajstić information content (AvgIpc) is 2.48. The molecule has 0 atom stereocenters. The predicted molar refractivity (Wildman–Crippen MR) is 84.1 cm³/mol. The largest absolute Gasteiger partial charge is 0.481 e. The van der Waals surface area contributed by atoms with Gasteiger partial charge in [-0.1, -0.05) is 11.8 Å². The normalized spacial score (nSPS) is 13.9. The van der Waals surface area contributed by atoms with E-state index < -0.39 is 0 Å². The second kappa shape index (κ2) is 6.06. The Bertz CT molecular complexity index is 677. The number of nitrogens with one attached hydrogen (secondary N) is 2. The highest BCUT2D eigenvalue weighted by Gasteiger charge is 2.24. The lowest BCUT2D eigenvalue weighted by molar-refractivity contribution is -0.118. The van der Waals surface area contributed by atoms with Gasteiger partial charge in [0, 0.05) is 5.56 Å². The van der Waals surface area contributed by atoms with Gasteiger partial charge in [-0.2, -0.15) is 5.26 Å². The lowest BCUT2D eigenvalue weighted by Crippen LogP contribution is -2.26. The van der Waals surface area contributed by atoms with E-state index in [2.05, 4.69) is 15.6 Å². The number of aliphatic imine (C=N–C) groups is 1. The first kappa shape index (κ1) is 15.2. The molecule has 21 heavy (non-hydrogen) atoms. The molecule has 0 saturated carbocycles. The molecule has 1 aliphatic rings. The van der Waals surface area contributed by atoms with E-state index >= 15 is 0 Å². The van der Waals surface area contributed by atoms with Crippen molar-refractivity contribution in [3.8, 4) is 11.9 Å². The summed E-state index contributed by atoms with van der Waals surface area (Å²) in [6.07, 6.45) is 3.70. The number of thioether (sulfide) groups is 1. The maximum absolute atomic E-state index is 11.5. The minimum Gasteiger partial charge on any atom is -0.481 e. The molecule has 1 aliphatic heterocycles. The number of anilines is 1. The number of ether oxygens (including phenoxy) is 1. The molecule has 1 aromatic rings. The van der Waals surface area contributed by atoms with Crippen molar-refractivity contribution in [2.24, 2.45) is 4.99 Å². The second-order valence-electron chi connectivity index (χ2n) is 4.62. The molecule has 0 aliphatic carbocycles. The summed E-state index contributed by atoms with van der Waals surface area (Å²) < 4.78 is 5.53. The number of hydrogen-bond donors (Lipinski definition) is 2. The van der Waals surface area contributed by atoms with Gasteiger partial charge in [0.15, 0.2) is 18.0 Å². The van der Waals surface area contributed by atoms with E-state index in [4.69, 9.17) is 10.00 Å². The number of nitrogens with zero attached hydrogens (tertiary/aromatic N) is 2. The van der Waals surface area contributed by atoms with Gasteiger partial charge in [0.1, 0.15) is 5.75 Å². The molecule has 7 heteroatoms. The maximum atomic E-state index is 11.5. The Hall–Kier alpha value is -2.20. The molecule has 1 aromatic carbocycles. The fraction of sp³-hybridized carbons (Fsp3) is 0.357. The van der Waals surface area contributed by atoms with Crippen molar-refractivity contribution in [3.63, 3.8) is 0 Å². The summed E-state index contributed by atoms with van der Waals surface area (Å²) >= 11 is 1.35. The summed E-state index contributed by atoms with van der Waals surface area (Å²) in [5.41, 5.74) is 4.13. The van der Waals surface area contributed by atoms with E-state index in [0.29, 0.717) is 16.6 Å². The molecule has 110 valence electrons. The van der Waals surface area contributed by atoms with Crippen molar-refractivity contribution in [2.75, 3.05) is 18.2 Å². The third-order valence-corrected chi connectivity index (χ3v) is 3.98. The Balaban J connectivity index is 2.63. The predicted octanol–water partition coefficient (Wildman–Crippen LogP) is 2.36. The van der Waals surface area contributed by atoms with E-state index in [1.54, 1.807) is 0 Å². The van der Waals surface area contributed by atoms with E-state index in [-0.39, 0.29) is 12.5 Å². The monoisotopic (exact) mass is 304 g/mol. The Morgan fingerprint density at radius 1 is 1.38 bits per heavy atom. The second-order valence-corrected chi connectivity index (χ2v) is 5.42. The Kier molecular flexibility index (Phi) is 4.38. The average molecular weight is 304 g/mol. The highest BCUT2D eigenvalue weighted by molar-refractivity contribution is 8.13. The minimum atomic E-state index is -0.177. The van der Waals surface area contributed by atoms with Crippen LogP contribution in [0, 0.1) is 32.2 Å². The van der Waals surface area contributed by atoms with Crippen LogP contribution in [0.1, 0.15) is 16.7 Å². The zero-order valence-electron chi connectivity index (χ0n) is 12.3. The smallest absolute Gasteiger partial charge is 0.262 e. The van der Waals surface area contributed by atoms with Crippen LogP contribution in [0.2, 0.25) is 0 Å². The van der Waals surface area contributed by atoms with Crippen molar-refractivity contribution in [1.82, 2.24) is 5.32 Å². The van der Waals surface area contributed by atoms with Crippen molar-refractivity contribution >= 4 is 34.2 Å². The van der Waals surface area contributed by atoms with Crippen molar-refractivity contribution in [2.45, 2.75) is 20.8 Å². The van der Waals surface area contributed by atoms with Crippen LogP contribution in [0.5, 0.6) is 5.75 Å². The first-order valence-corrected chi connectivity index (χ1v) is 7.56. The molecule has 6 nitrogen and oxygen atoms in total. The van der Waals surface area contributed by atoms with Gasteiger partial charge in [-0.15, -0.1) is 0 Å². The first-order chi connectivity index (χ1) is 9.99. The van der Waals surface area contributed by atoms with Gasteiger partial charge in [0.05, 0.1) is 11.4 Å². The summed E-state index contributed by atoms with van der Waals surface area (Å²) in [4.78, 5) is 16.0. The number of fused-ring (bicyclic) bond motifs is 1. The van der Waals surface area contributed by atoms with E-state index in [0.717, 1.165) is 22.4 Å². The minimum absolute atomic E-state index is 0.0292. The molecule has 0 aromatic heterocycles. The third-order valence-electron chi connectivity index (χ3n) is 3.40. The first-order valence-electron chi connectivity index (χ1n) is 6.33. The molecule has 0 bridgehead atoms. The summed E-state index contributed by atoms with van der Waals surface area (Å²) in [7, 11) is 0. The molecule has 0 fully saturated rings. The zero-order valence-corrected chi connectivity index (χ0v) is 13.1. The Morgan fingerprint density at radius 3 is 2.71 bits per heavy atom. The van der Waals surface area contributed by atoms with Crippen LogP contribution >= 0.6 is 11.8 Å².